The van der Waals surface area contributed by atoms with E-state index in [9.17, 15) is 4.79 Å². The van der Waals surface area contributed by atoms with E-state index in [1.807, 2.05) is 37.3 Å². The van der Waals surface area contributed by atoms with Crippen LogP contribution in [0.2, 0.25) is 0 Å². The molecule has 0 saturated heterocycles. The molecule has 0 amide bonds. The maximum absolute atomic E-state index is 12.2. The molecule has 0 bridgehead atoms. The molecule has 20 heavy (non-hydrogen) atoms. The van der Waals surface area contributed by atoms with E-state index in [1.54, 1.807) is 0 Å². The zero-order valence-electron chi connectivity index (χ0n) is 12.7. The van der Waals surface area contributed by atoms with Crippen molar-refractivity contribution in [3.63, 3.8) is 0 Å². The van der Waals surface area contributed by atoms with Crippen molar-refractivity contribution in [3.05, 3.63) is 35.9 Å². The van der Waals surface area contributed by atoms with Gasteiger partial charge in [0.05, 0.1) is 6.61 Å². The molecule has 1 atom stereocenters. The lowest BCUT2D eigenvalue weighted by molar-refractivity contribution is -0.150. The minimum Gasteiger partial charge on any atom is -0.465 e. The standard InChI is InChI=1S/C17H27NO2/c1-3-5-6-10-13-17(18,16(19)20-4-2)14-15-11-8-7-9-12-15/h7-9,11-12H,3-6,10,13-14,18H2,1-2H3/t17-/m0/s1. The largest absolute Gasteiger partial charge is 0.465 e. The van der Waals surface area contributed by atoms with Gasteiger partial charge in [-0.05, 0) is 18.9 Å². The molecule has 1 aromatic rings. The number of unbranched alkanes of at least 4 members (excludes halogenated alkanes) is 3. The normalized spacial score (nSPS) is 13.8. The van der Waals surface area contributed by atoms with Gasteiger partial charge in [0.1, 0.15) is 5.54 Å². The molecule has 0 heterocycles. The van der Waals surface area contributed by atoms with Gasteiger partial charge in [0, 0.05) is 6.42 Å². The third-order valence-corrected chi connectivity index (χ3v) is 3.52. The Labute approximate surface area is 122 Å². The van der Waals surface area contributed by atoms with E-state index in [0.29, 0.717) is 19.4 Å². The second kappa shape index (κ2) is 8.75. The monoisotopic (exact) mass is 277 g/mol. The lowest BCUT2D eigenvalue weighted by Gasteiger charge is -2.27. The van der Waals surface area contributed by atoms with Gasteiger partial charge in [-0.2, -0.15) is 0 Å². The number of ether oxygens (including phenoxy) is 1. The fraction of sp³-hybridized carbons (Fsp3) is 0.588. The Morgan fingerprint density at radius 2 is 1.85 bits per heavy atom. The first-order valence-electron chi connectivity index (χ1n) is 7.62. The summed E-state index contributed by atoms with van der Waals surface area (Å²) in [5.41, 5.74) is 6.55. The van der Waals surface area contributed by atoms with Crippen molar-refractivity contribution in [1.29, 1.82) is 0 Å². The predicted molar refractivity (Wildman–Crippen MR) is 82.5 cm³/mol. The first-order chi connectivity index (χ1) is 9.62. The molecule has 0 saturated carbocycles. The average molecular weight is 277 g/mol. The van der Waals surface area contributed by atoms with Gasteiger partial charge in [0.25, 0.3) is 0 Å². The first-order valence-corrected chi connectivity index (χ1v) is 7.62. The van der Waals surface area contributed by atoms with E-state index in [2.05, 4.69) is 6.92 Å². The summed E-state index contributed by atoms with van der Waals surface area (Å²) < 4.78 is 5.17. The highest BCUT2D eigenvalue weighted by atomic mass is 16.5. The van der Waals surface area contributed by atoms with Crippen molar-refractivity contribution in [1.82, 2.24) is 0 Å². The molecule has 0 spiro atoms. The van der Waals surface area contributed by atoms with E-state index >= 15 is 0 Å². The van der Waals surface area contributed by atoms with Crippen LogP contribution in [-0.4, -0.2) is 18.1 Å². The molecule has 112 valence electrons. The molecular formula is C17H27NO2. The number of rotatable bonds is 9. The molecule has 3 heteroatoms. The second-order valence-electron chi connectivity index (χ2n) is 5.35. The van der Waals surface area contributed by atoms with Crippen LogP contribution in [0.3, 0.4) is 0 Å². The Morgan fingerprint density at radius 3 is 2.45 bits per heavy atom. The number of esters is 1. The third kappa shape index (κ3) is 5.33. The van der Waals surface area contributed by atoms with E-state index in [-0.39, 0.29) is 5.97 Å². The predicted octanol–water partition coefficient (Wildman–Crippen LogP) is 3.46. The van der Waals surface area contributed by atoms with Crippen molar-refractivity contribution in [3.8, 4) is 0 Å². The van der Waals surface area contributed by atoms with Crippen LogP contribution in [0.15, 0.2) is 30.3 Å². The zero-order valence-corrected chi connectivity index (χ0v) is 12.7. The number of carbonyl (C=O) groups is 1. The van der Waals surface area contributed by atoms with E-state index < -0.39 is 5.54 Å². The summed E-state index contributed by atoms with van der Waals surface area (Å²) in [6.07, 6.45) is 5.67. The number of hydrogen-bond donors (Lipinski definition) is 1. The summed E-state index contributed by atoms with van der Waals surface area (Å²) >= 11 is 0. The van der Waals surface area contributed by atoms with Crippen LogP contribution >= 0.6 is 0 Å². The molecule has 2 N–H and O–H groups in total. The molecular weight excluding hydrogens is 250 g/mol. The van der Waals surface area contributed by atoms with Crippen molar-refractivity contribution in [2.24, 2.45) is 5.73 Å². The lowest BCUT2D eigenvalue weighted by atomic mass is 9.86. The van der Waals surface area contributed by atoms with E-state index in [0.717, 1.165) is 18.4 Å². The minimum absolute atomic E-state index is 0.277. The van der Waals surface area contributed by atoms with Crippen molar-refractivity contribution in [2.75, 3.05) is 6.61 Å². The van der Waals surface area contributed by atoms with E-state index in [4.69, 9.17) is 10.5 Å². The molecule has 0 unspecified atom stereocenters. The summed E-state index contributed by atoms with van der Waals surface area (Å²) in [5.74, 6) is -0.277. The van der Waals surface area contributed by atoms with Gasteiger partial charge in [-0.25, -0.2) is 0 Å². The maximum atomic E-state index is 12.2. The van der Waals surface area contributed by atoms with Crippen LogP contribution < -0.4 is 5.73 Å². The van der Waals surface area contributed by atoms with Gasteiger partial charge in [-0.15, -0.1) is 0 Å². The van der Waals surface area contributed by atoms with Gasteiger partial charge in [0.15, 0.2) is 0 Å². The van der Waals surface area contributed by atoms with E-state index in [1.165, 1.54) is 12.8 Å². The number of nitrogens with two attached hydrogens (primary N) is 1. The number of carbonyl (C=O) groups excluding carboxylic acids is 1. The fourth-order valence-electron chi connectivity index (χ4n) is 2.36. The van der Waals surface area contributed by atoms with Crippen LogP contribution in [-0.2, 0) is 16.0 Å². The summed E-state index contributed by atoms with van der Waals surface area (Å²) in [4.78, 5) is 12.2. The van der Waals surface area contributed by atoms with Crippen LogP contribution in [0.5, 0.6) is 0 Å². The van der Waals surface area contributed by atoms with Crippen LogP contribution in [0.4, 0.5) is 0 Å². The average Bonchev–Trinajstić information content (AvgIpc) is 2.45. The van der Waals surface area contributed by atoms with Crippen molar-refractivity contribution < 1.29 is 9.53 Å². The van der Waals surface area contributed by atoms with Gasteiger partial charge < -0.3 is 10.5 Å². The molecule has 0 aliphatic heterocycles. The molecule has 0 aliphatic rings. The molecule has 1 rings (SSSR count). The maximum Gasteiger partial charge on any atom is 0.326 e. The highest BCUT2D eigenvalue weighted by Gasteiger charge is 2.35. The smallest absolute Gasteiger partial charge is 0.326 e. The van der Waals surface area contributed by atoms with Gasteiger partial charge in [-0.1, -0.05) is 62.9 Å². The second-order valence-corrected chi connectivity index (χ2v) is 5.35. The molecule has 0 aliphatic carbocycles. The Hall–Kier alpha value is -1.35. The lowest BCUT2D eigenvalue weighted by Crippen LogP contribution is -2.51. The Kier molecular flexibility index (Phi) is 7.31. The molecule has 0 fully saturated rings. The van der Waals surface area contributed by atoms with Gasteiger partial charge in [0.2, 0.25) is 0 Å². The topological polar surface area (TPSA) is 52.3 Å². The zero-order chi connectivity index (χ0) is 14.8. The van der Waals surface area contributed by atoms with Crippen molar-refractivity contribution >= 4 is 5.97 Å². The first kappa shape index (κ1) is 16.7. The molecule has 1 aromatic carbocycles. The summed E-state index contributed by atoms with van der Waals surface area (Å²) in [6, 6.07) is 9.92. The Morgan fingerprint density at radius 1 is 1.15 bits per heavy atom. The fourth-order valence-corrected chi connectivity index (χ4v) is 2.36. The van der Waals surface area contributed by atoms with Crippen LogP contribution in [0.1, 0.15) is 51.5 Å². The van der Waals surface area contributed by atoms with Crippen LogP contribution in [0.25, 0.3) is 0 Å². The summed E-state index contributed by atoms with van der Waals surface area (Å²) in [5, 5.41) is 0. The Bertz CT molecular complexity index is 391. The summed E-state index contributed by atoms with van der Waals surface area (Å²) in [6.45, 7) is 4.37. The quantitative estimate of drug-likeness (QED) is 0.555. The van der Waals surface area contributed by atoms with Gasteiger partial charge in [-0.3, -0.25) is 4.79 Å². The Balaban J connectivity index is 2.70. The SMILES string of the molecule is CCCCCC[C@](N)(Cc1ccccc1)C(=O)OCC. The number of hydrogen-bond acceptors (Lipinski definition) is 3. The molecule has 0 aromatic heterocycles. The highest BCUT2D eigenvalue weighted by molar-refractivity contribution is 5.81. The van der Waals surface area contributed by atoms with Crippen LogP contribution in [0, 0.1) is 0 Å². The van der Waals surface area contributed by atoms with Gasteiger partial charge >= 0.3 is 5.97 Å². The molecule has 3 nitrogen and oxygen atoms in total. The van der Waals surface area contributed by atoms with Crippen molar-refractivity contribution in [2.45, 2.75) is 57.9 Å². The number of benzene rings is 1. The highest BCUT2D eigenvalue weighted by Crippen LogP contribution is 2.20. The third-order valence-electron chi connectivity index (χ3n) is 3.52. The summed E-state index contributed by atoms with van der Waals surface area (Å²) in [7, 11) is 0. The minimum atomic E-state index is -0.898. The molecule has 0 radical (unpaired) electrons.